The molecule has 0 N–H and O–H groups in total. The molecule has 0 fully saturated rings. The second kappa shape index (κ2) is 5.90. The number of nitrogens with zero attached hydrogens (tertiary/aromatic N) is 1. The summed E-state index contributed by atoms with van der Waals surface area (Å²) in [5.41, 5.74) is 0.274. The Balaban J connectivity index is 2.46. The summed E-state index contributed by atoms with van der Waals surface area (Å²) in [7, 11) is 0. The van der Waals surface area contributed by atoms with E-state index in [1.807, 2.05) is 6.92 Å². The van der Waals surface area contributed by atoms with Gasteiger partial charge in [0.25, 0.3) is 0 Å². The molecule has 1 aromatic heterocycles. The van der Waals surface area contributed by atoms with Crippen LogP contribution < -0.4 is 0 Å². The summed E-state index contributed by atoms with van der Waals surface area (Å²) in [6.07, 6.45) is 5.71. The van der Waals surface area contributed by atoms with Gasteiger partial charge < -0.3 is 4.74 Å². The van der Waals surface area contributed by atoms with Gasteiger partial charge in [0.1, 0.15) is 0 Å². The van der Waals surface area contributed by atoms with Crippen LogP contribution in [-0.4, -0.2) is 16.9 Å². The molecule has 0 saturated carbocycles. The molecule has 0 unspecified atom stereocenters. The fourth-order valence-electron chi connectivity index (χ4n) is 0.938. The lowest BCUT2D eigenvalue weighted by atomic mass is 10.2. The molecule has 0 atom stereocenters. The number of hydrogen-bond acceptors (Lipinski definition) is 4. The van der Waals surface area contributed by atoms with Crippen LogP contribution in [0.25, 0.3) is 0 Å². The topological polar surface area (TPSA) is 56.3 Å². The third-order valence-electron chi connectivity index (χ3n) is 1.69. The number of ether oxygens (including phenoxy) is 1. The van der Waals surface area contributed by atoms with Crippen molar-refractivity contribution in [2.45, 2.75) is 19.8 Å². The summed E-state index contributed by atoms with van der Waals surface area (Å²) in [4.78, 5) is 26.1. The van der Waals surface area contributed by atoms with Crippen LogP contribution in [0.3, 0.4) is 0 Å². The number of unbranched alkanes of at least 4 members (excludes halogenated alkanes) is 1. The van der Waals surface area contributed by atoms with Crippen molar-refractivity contribution in [3.8, 4) is 0 Å². The van der Waals surface area contributed by atoms with Crippen molar-refractivity contribution < 1.29 is 14.3 Å². The van der Waals surface area contributed by atoms with E-state index in [0.717, 1.165) is 6.42 Å². The second-order valence-electron chi connectivity index (χ2n) is 2.94. The molecule has 0 spiro atoms. The third-order valence-corrected chi connectivity index (χ3v) is 1.69. The van der Waals surface area contributed by atoms with Crippen LogP contribution in [0.15, 0.2) is 24.5 Å². The average Bonchev–Trinajstić information content (AvgIpc) is 2.27. The van der Waals surface area contributed by atoms with Gasteiger partial charge in [-0.2, -0.15) is 0 Å². The van der Waals surface area contributed by atoms with E-state index in [9.17, 15) is 9.59 Å². The molecule has 0 bridgehead atoms. The lowest BCUT2D eigenvalue weighted by Crippen LogP contribution is -2.12. The molecule has 79 valence electrons. The Morgan fingerprint density at radius 1 is 1.53 bits per heavy atom. The highest BCUT2D eigenvalue weighted by molar-refractivity contribution is 5.98. The molecule has 4 heteroatoms. The van der Waals surface area contributed by atoms with Crippen LogP contribution >= 0.6 is 0 Å². The molecule has 1 rings (SSSR count). The summed E-state index contributed by atoms with van der Waals surface area (Å²) in [5, 5.41) is 0. The lowest BCUT2D eigenvalue weighted by Gasteiger charge is -2.01. The second-order valence-corrected chi connectivity index (χ2v) is 2.94. The van der Waals surface area contributed by atoms with Gasteiger partial charge in [-0.1, -0.05) is 13.3 Å². The predicted molar refractivity (Wildman–Crippen MR) is 53.9 cm³/mol. The summed E-state index contributed by atoms with van der Waals surface area (Å²) in [6, 6.07) is 3.15. The molecule has 0 aliphatic carbocycles. The van der Waals surface area contributed by atoms with Gasteiger partial charge in [-0.05, 0) is 18.6 Å². The van der Waals surface area contributed by atoms with Crippen LogP contribution in [-0.2, 0) is 9.53 Å². The third kappa shape index (κ3) is 3.89. The SMILES string of the molecule is CCC[CH]C(=O)OC(=O)c1cccnc1. The van der Waals surface area contributed by atoms with Crippen molar-refractivity contribution >= 4 is 11.9 Å². The van der Waals surface area contributed by atoms with Crippen LogP contribution in [0.4, 0.5) is 0 Å². The maximum absolute atomic E-state index is 11.3. The highest BCUT2D eigenvalue weighted by Crippen LogP contribution is 2.01. The van der Waals surface area contributed by atoms with E-state index in [1.54, 1.807) is 18.3 Å². The standard InChI is InChI=1S/C11H12NO3/c1-2-3-6-10(13)15-11(14)9-5-4-7-12-8-9/h4-8H,2-3H2,1H3. The van der Waals surface area contributed by atoms with Gasteiger partial charge in [0.2, 0.25) is 0 Å². The Morgan fingerprint density at radius 3 is 2.93 bits per heavy atom. The fraction of sp³-hybridized carbons (Fsp3) is 0.273. The van der Waals surface area contributed by atoms with E-state index in [1.165, 1.54) is 12.6 Å². The minimum Gasteiger partial charge on any atom is -0.389 e. The van der Waals surface area contributed by atoms with Crippen molar-refractivity contribution in [1.82, 2.24) is 4.98 Å². The number of carbonyl (C=O) groups is 2. The minimum absolute atomic E-state index is 0.274. The number of aromatic nitrogens is 1. The zero-order valence-corrected chi connectivity index (χ0v) is 8.47. The van der Waals surface area contributed by atoms with Gasteiger partial charge in [0, 0.05) is 12.4 Å². The largest absolute Gasteiger partial charge is 0.389 e. The van der Waals surface area contributed by atoms with E-state index in [0.29, 0.717) is 6.42 Å². The predicted octanol–water partition coefficient (Wildman–Crippen LogP) is 1.77. The molecule has 1 radical (unpaired) electrons. The molecule has 0 saturated heterocycles. The molecule has 0 aliphatic heterocycles. The van der Waals surface area contributed by atoms with Crippen LogP contribution in [0.5, 0.6) is 0 Å². The molecular formula is C11H12NO3. The number of rotatable bonds is 4. The van der Waals surface area contributed by atoms with E-state index in [2.05, 4.69) is 9.72 Å². The van der Waals surface area contributed by atoms with Crippen molar-refractivity contribution in [1.29, 1.82) is 0 Å². The lowest BCUT2D eigenvalue weighted by molar-refractivity contribution is -0.134. The van der Waals surface area contributed by atoms with E-state index in [-0.39, 0.29) is 5.56 Å². The monoisotopic (exact) mass is 206 g/mol. The van der Waals surface area contributed by atoms with E-state index < -0.39 is 11.9 Å². The Bertz CT molecular complexity index is 335. The molecule has 0 aliphatic rings. The Kier molecular flexibility index (Phi) is 4.47. The van der Waals surface area contributed by atoms with Crippen molar-refractivity contribution in [2.24, 2.45) is 0 Å². The Hall–Kier alpha value is -1.71. The number of esters is 2. The van der Waals surface area contributed by atoms with E-state index in [4.69, 9.17) is 0 Å². The van der Waals surface area contributed by atoms with E-state index >= 15 is 0 Å². The Morgan fingerprint density at radius 2 is 2.33 bits per heavy atom. The first kappa shape index (κ1) is 11.4. The molecule has 1 heterocycles. The number of pyridine rings is 1. The first-order valence-electron chi connectivity index (χ1n) is 4.73. The van der Waals surface area contributed by atoms with Crippen molar-refractivity contribution in [3.63, 3.8) is 0 Å². The summed E-state index contributed by atoms with van der Waals surface area (Å²) in [6.45, 7) is 1.94. The fourth-order valence-corrected chi connectivity index (χ4v) is 0.938. The van der Waals surface area contributed by atoms with Crippen LogP contribution in [0.2, 0.25) is 0 Å². The highest BCUT2D eigenvalue weighted by atomic mass is 16.6. The Labute approximate surface area is 88.3 Å². The van der Waals surface area contributed by atoms with Crippen molar-refractivity contribution in [3.05, 3.63) is 36.5 Å². The normalized spacial score (nSPS) is 9.67. The van der Waals surface area contributed by atoms with Gasteiger partial charge in [-0.25, -0.2) is 4.79 Å². The number of carbonyl (C=O) groups excluding carboxylic acids is 2. The quantitative estimate of drug-likeness (QED) is 0.556. The van der Waals surface area contributed by atoms with Gasteiger partial charge in [0.05, 0.1) is 12.0 Å². The zero-order valence-electron chi connectivity index (χ0n) is 8.47. The number of hydrogen-bond donors (Lipinski definition) is 0. The van der Waals surface area contributed by atoms with Gasteiger partial charge in [-0.3, -0.25) is 9.78 Å². The molecule has 0 aromatic carbocycles. The van der Waals surface area contributed by atoms with Crippen LogP contribution in [0, 0.1) is 6.42 Å². The molecular weight excluding hydrogens is 194 g/mol. The molecule has 4 nitrogen and oxygen atoms in total. The minimum atomic E-state index is -0.666. The van der Waals surface area contributed by atoms with Crippen molar-refractivity contribution in [2.75, 3.05) is 0 Å². The first-order valence-corrected chi connectivity index (χ1v) is 4.73. The summed E-state index contributed by atoms with van der Waals surface area (Å²) in [5.74, 6) is -1.27. The maximum atomic E-state index is 11.3. The zero-order chi connectivity index (χ0) is 11.1. The van der Waals surface area contributed by atoms with Gasteiger partial charge >= 0.3 is 11.9 Å². The van der Waals surface area contributed by atoms with Crippen LogP contribution in [0.1, 0.15) is 30.1 Å². The molecule has 15 heavy (non-hydrogen) atoms. The molecule has 1 aromatic rings. The highest BCUT2D eigenvalue weighted by Gasteiger charge is 2.12. The molecule has 0 amide bonds. The summed E-state index contributed by atoms with van der Waals surface area (Å²) >= 11 is 0. The smallest absolute Gasteiger partial charge is 0.347 e. The maximum Gasteiger partial charge on any atom is 0.347 e. The average molecular weight is 206 g/mol. The van der Waals surface area contributed by atoms with Gasteiger partial charge in [0.15, 0.2) is 0 Å². The first-order chi connectivity index (χ1) is 7.24. The summed E-state index contributed by atoms with van der Waals surface area (Å²) < 4.78 is 4.57. The van der Waals surface area contributed by atoms with Gasteiger partial charge in [-0.15, -0.1) is 0 Å².